The maximum absolute atomic E-state index is 14.6. The van der Waals surface area contributed by atoms with E-state index in [-0.39, 0.29) is 38.8 Å². The molecule has 3 atom stereocenters. The molecule has 11 heteroatoms. The molecule has 35 heavy (non-hydrogen) atoms. The highest BCUT2D eigenvalue weighted by atomic mass is 35.5. The number of halogens is 3. The van der Waals surface area contributed by atoms with Gasteiger partial charge in [-0.3, -0.25) is 9.59 Å². The largest absolute Gasteiger partial charge is 0.347 e. The SMILES string of the molecule is CCS(=O)(=O)c1cc(C(=O)N2C[C@H](C)C[C@@H]2C(=O)NC(c2cc(F)c(Cl)cc2F)C2CC2)ccn1. The van der Waals surface area contributed by atoms with Crippen LogP contribution in [0.25, 0.3) is 0 Å². The van der Waals surface area contributed by atoms with Crippen molar-refractivity contribution in [2.75, 3.05) is 12.3 Å². The van der Waals surface area contributed by atoms with Gasteiger partial charge in [0.2, 0.25) is 5.91 Å². The number of pyridine rings is 1. The van der Waals surface area contributed by atoms with E-state index in [1.165, 1.54) is 30.2 Å². The Morgan fingerprint density at radius 1 is 1.23 bits per heavy atom. The van der Waals surface area contributed by atoms with Gasteiger partial charge in [0.15, 0.2) is 14.9 Å². The normalized spacial score (nSPS) is 21.1. The number of likely N-dealkylation sites (tertiary alicyclic amines) is 1. The fraction of sp³-hybridized carbons (Fsp3) is 0.458. The second kappa shape index (κ2) is 9.81. The van der Waals surface area contributed by atoms with E-state index in [9.17, 15) is 26.8 Å². The van der Waals surface area contributed by atoms with Gasteiger partial charge in [0.05, 0.1) is 16.8 Å². The molecule has 0 spiro atoms. The molecule has 2 heterocycles. The number of amides is 2. The minimum atomic E-state index is -3.61. The second-order valence-electron chi connectivity index (χ2n) is 9.21. The first-order valence-corrected chi connectivity index (χ1v) is 13.5. The van der Waals surface area contributed by atoms with Crippen molar-refractivity contribution < 1.29 is 26.8 Å². The number of carbonyl (C=O) groups excluding carboxylic acids is 2. The summed E-state index contributed by atoms with van der Waals surface area (Å²) in [4.78, 5) is 31.9. The molecule has 0 radical (unpaired) electrons. The molecule has 2 fully saturated rings. The number of hydrogen-bond acceptors (Lipinski definition) is 5. The standard InChI is InChI=1S/C24H26ClF2N3O4S/c1-3-35(33,34)21-9-15(6-7-28-21)24(32)30-12-13(2)8-20(30)23(31)29-22(14-4-5-14)16-10-19(27)17(25)11-18(16)26/h6-7,9-11,13-14,20,22H,3-5,8,12H2,1-2H3,(H,29,31)/t13-,20-,22?/m1/s1. The molecule has 2 amide bonds. The molecular weight excluding hydrogens is 500 g/mol. The van der Waals surface area contributed by atoms with E-state index in [2.05, 4.69) is 10.3 Å². The summed E-state index contributed by atoms with van der Waals surface area (Å²) in [5.41, 5.74) is 0.138. The van der Waals surface area contributed by atoms with Gasteiger partial charge in [0.25, 0.3) is 5.91 Å². The van der Waals surface area contributed by atoms with Crippen molar-refractivity contribution in [3.8, 4) is 0 Å². The molecule has 188 valence electrons. The zero-order valence-corrected chi connectivity index (χ0v) is 20.9. The number of nitrogens with zero attached hydrogens (tertiary/aromatic N) is 2. The first-order valence-electron chi connectivity index (χ1n) is 11.5. The highest BCUT2D eigenvalue weighted by Gasteiger charge is 2.42. The van der Waals surface area contributed by atoms with Crippen molar-refractivity contribution in [3.63, 3.8) is 0 Å². The van der Waals surface area contributed by atoms with Crippen LogP contribution >= 0.6 is 11.6 Å². The van der Waals surface area contributed by atoms with Crippen LogP contribution in [-0.4, -0.2) is 48.5 Å². The van der Waals surface area contributed by atoms with E-state index in [4.69, 9.17) is 11.6 Å². The van der Waals surface area contributed by atoms with Crippen LogP contribution in [0.4, 0.5) is 8.78 Å². The summed E-state index contributed by atoms with van der Waals surface area (Å²) in [6, 6.07) is 2.95. The highest BCUT2D eigenvalue weighted by Crippen LogP contribution is 2.42. The minimum absolute atomic E-state index is 0.0134. The van der Waals surface area contributed by atoms with Crippen molar-refractivity contribution in [1.82, 2.24) is 15.2 Å². The van der Waals surface area contributed by atoms with Gasteiger partial charge in [-0.25, -0.2) is 22.2 Å². The first kappa shape index (κ1) is 25.5. The zero-order chi connectivity index (χ0) is 25.5. The van der Waals surface area contributed by atoms with Gasteiger partial charge in [-0.1, -0.05) is 25.4 Å². The molecule has 4 rings (SSSR count). The Hall–Kier alpha value is -2.59. The van der Waals surface area contributed by atoms with Crippen LogP contribution in [0.15, 0.2) is 35.5 Å². The fourth-order valence-corrected chi connectivity index (χ4v) is 5.42. The fourth-order valence-electron chi connectivity index (χ4n) is 4.45. The minimum Gasteiger partial charge on any atom is -0.347 e. The monoisotopic (exact) mass is 525 g/mol. The molecule has 7 nitrogen and oxygen atoms in total. The number of hydrogen-bond donors (Lipinski definition) is 1. The molecule has 1 aliphatic carbocycles. The smallest absolute Gasteiger partial charge is 0.254 e. The molecule has 2 aliphatic rings. The lowest BCUT2D eigenvalue weighted by Crippen LogP contribution is -2.47. The number of sulfone groups is 1. The van der Waals surface area contributed by atoms with Crippen LogP contribution in [0.3, 0.4) is 0 Å². The van der Waals surface area contributed by atoms with Crippen molar-refractivity contribution in [1.29, 1.82) is 0 Å². The lowest BCUT2D eigenvalue weighted by atomic mass is 10.00. The van der Waals surface area contributed by atoms with Crippen LogP contribution in [0.2, 0.25) is 5.02 Å². The topological polar surface area (TPSA) is 96.4 Å². The van der Waals surface area contributed by atoms with E-state index >= 15 is 0 Å². The Labute approximate surface area is 207 Å². The summed E-state index contributed by atoms with van der Waals surface area (Å²) >= 11 is 5.68. The van der Waals surface area contributed by atoms with E-state index in [0.717, 1.165) is 25.0 Å². The summed E-state index contributed by atoms with van der Waals surface area (Å²) in [6.45, 7) is 3.69. The number of nitrogens with one attached hydrogen (secondary N) is 1. The molecule has 0 bridgehead atoms. The number of rotatable bonds is 7. The predicted octanol–water partition coefficient (Wildman–Crippen LogP) is 3.92. The molecule has 1 saturated carbocycles. The molecule has 1 saturated heterocycles. The summed E-state index contributed by atoms with van der Waals surface area (Å²) < 4.78 is 53.1. The van der Waals surface area contributed by atoms with Gasteiger partial charge in [-0.15, -0.1) is 0 Å². The molecule has 1 aliphatic heterocycles. The Morgan fingerprint density at radius 3 is 2.60 bits per heavy atom. The van der Waals surface area contributed by atoms with Gasteiger partial charge in [0, 0.05) is 23.9 Å². The maximum Gasteiger partial charge on any atom is 0.254 e. The van der Waals surface area contributed by atoms with E-state index in [1.54, 1.807) is 0 Å². The third-order valence-corrected chi connectivity index (χ3v) is 8.43. The molecule has 1 unspecified atom stereocenters. The van der Waals surface area contributed by atoms with Gasteiger partial charge >= 0.3 is 0 Å². The maximum atomic E-state index is 14.6. The lowest BCUT2D eigenvalue weighted by molar-refractivity contribution is -0.125. The molecule has 1 aromatic heterocycles. The van der Waals surface area contributed by atoms with Crippen LogP contribution in [0.1, 0.15) is 55.1 Å². The molecule has 1 N–H and O–H groups in total. The lowest BCUT2D eigenvalue weighted by Gasteiger charge is -2.27. The summed E-state index contributed by atoms with van der Waals surface area (Å²) in [7, 11) is -3.61. The van der Waals surface area contributed by atoms with Gasteiger partial charge in [-0.05, 0) is 55.4 Å². The van der Waals surface area contributed by atoms with Crippen LogP contribution < -0.4 is 5.32 Å². The van der Waals surface area contributed by atoms with Crippen LogP contribution in [0, 0.1) is 23.5 Å². The van der Waals surface area contributed by atoms with Gasteiger partial charge in [0.1, 0.15) is 17.7 Å². The number of aromatic nitrogens is 1. The molecule has 1 aromatic carbocycles. The van der Waals surface area contributed by atoms with Crippen LogP contribution in [0.5, 0.6) is 0 Å². The Morgan fingerprint density at radius 2 is 1.94 bits per heavy atom. The average molecular weight is 526 g/mol. The van der Waals surface area contributed by atoms with Gasteiger partial charge < -0.3 is 10.2 Å². The van der Waals surface area contributed by atoms with Crippen molar-refractivity contribution in [3.05, 3.63) is 58.2 Å². The van der Waals surface area contributed by atoms with Crippen molar-refractivity contribution in [2.45, 2.75) is 50.2 Å². The molecule has 2 aromatic rings. The second-order valence-corrected chi connectivity index (χ2v) is 11.8. The summed E-state index contributed by atoms with van der Waals surface area (Å²) in [5.74, 6) is -2.62. The quantitative estimate of drug-likeness (QED) is 0.553. The van der Waals surface area contributed by atoms with E-state index in [1.807, 2.05) is 6.92 Å². The Kier molecular flexibility index (Phi) is 7.15. The van der Waals surface area contributed by atoms with Gasteiger partial charge in [-0.2, -0.15) is 0 Å². The van der Waals surface area contributed by atoms with Crippen molar-refractivity contribution >= 4 is 33.3 Å². The predicted molar refractivity (Wildman–Crippen MR) is 126 cm³/mol. The highest BCUT2D eigenvalue weighted by molar-refractivity contribution is 7.91. The average Bonchev–Trinajstić information content (AvgIpc) is 3.60. The molecular formula is C24H26ClF2N3O4S. The third kappa shape index (κ3) is 5.33. The number of carbonyl (C=O) groups is 2. The first-order chi connectivity index (χ1) is 16.5. The van der Waals surface area contributed by atoms with E-state index < -0.39 is 45.4 Å². The van der Waals surface area contributed by atoms with Crippen LogP contribution in [-0.2, 0) is 14.6 Å². The Balaban J connectivity index is 1.58. The number of benzene rings is 1. The van der Waals surface area contributed by atoms with E-state index in [0.29, 0.717) is 13.0 Å². The Bertz CT molecular complexity index is 1270. The summed E-state index contributed by atoms with van der Waals surface area (Å²) in [5, 5.41) is 2.30. The third-order valence-electron chi connectivity index (χ3n) is 6.52. The zero-order valence-electron chi connectivity index (χ0n) is 19.3. The van der Waals surface area contributed by atoms with Crippen molar-refractivity contribution in [2.24, 2.45) is 11.8 Å². The summed E-state index contributed by atoms with van der Waals surface area (Å²) in [6.07, 6.45) is 3.15.